The molecule has 0 saturated carbocycles. The molecule has 1 saturated heterocycles. The van der Waals surface area contributed by atoms with Crippen molar-refractivity contribution in [2.24, 2.45) is 0 Å². The van der Waals surface area contributed by atoms with E-state index in [0.717, 1.165) is 56.1 Å². The van der Waals surface area contributed by atoms with Gasteiger partial charge >= 0.3 is 0 Å². The third-order valence-electron chi connectivity index (χ3n) is 4.93. The Morgan fingerprint density at radius 3 is 2.81 bits per heavy atom. The first-order chi connectivity index (χ1) is 12.7. The van der Waals surface area contributed by atoms with Gasteiger partial charge in [-0.15, -0.1) is 0 Å². The minimum atomic E-state index is 0.247. The van der Waals surface area contributed by atoms with Gasteiger partial charge in [-0.1, -0.05) is 12.1 Å². The predicted octanol–water partition coefficient (Wildman–Crippen LogP) is 3.13. The molecule has 2 heterocycles. The number of aryl methyl sites for hydroxylation is 1. The quantitative estimate of drug-likeness (QED) is 0.709. The van der Waals surface area contributed by atoms with Gasteiger partial charge in [-0.25, -0.2) is 4.98 Å². The second kappa shape index (κ2) is 8.96. The number of benzene rings is 1. The van der Waals surface area contributed by atoms with Crippen molar-refractivity contribution >= 4 is 17.5 Å². The molecule has 26 heavy (non-hydrogen) atoms. The maximum absolute atomic E-state index is 9.09. The zero-order chi connectivity index (χ0) is 18.4. The van der Waals surface area contributed by atoms with Gasteiger partial charge in [-0.3, -0.25) is 0 Å². The molecule has 1 aromatic heterocycles. The number of hydrogen-bond acceptors (Lipinski definition) is 6. The van der Waals surface area contributed by atoms with Crippen LogP contribution in [0.5, 0.6) is 0 Å². The summed E-state index contributed by atoms with van der Waals surface area (Å²) in [6.07, 6.45) is 4.12. The summed E-state index contributed by atoms with van der Waals surface area (Å²) in [5.74, 6) is 2.06. The van der Waals surface area contributed by atoms with Crippen LogP contribution < -0.4 is 10.6 Å². The third-order valence-corrected chi connectivity index (χ3v) is 4.93. The van der Waals surface area contributed by atoms with E-state index in [-0.39, 0.29) is 6.61 Å². The minimum absolute atomic E-state index is 0.247. The highest BCUT2D eigenvalue weighted by molar-refractivity contribution is 5.61. The van der Waals surface area contributed by atoms with Gasteiger partial charge in [0.1, 0.15) is 5.82 Å². The Morgan fingerprint density at radius 2 is 2.08 bits per heavy atom. The van der Waals surface area contributed by atoms with E-state index >= 15 is 0 Å². The molecule has 0 radical (unpaired) electrons. The van der Waals surface area contributed by atoms with Crippen LogP contribution in [0.3, 0.4) is 0 Å². The van der Waals surface area contributed by atoms with Gasteiger partial charge in [0.15, 0.2) is 0 Å². The smallest absolute Gasteiger partial charge is 0.224 e. The van der Waals surface area contributed by atoms with Crippen LogP contribution in [0, 0.1) is 6.92 Å². The van der Waals surface area contributed by atoms with Crippen molar-refractivity contribution in [1.29, 1.82) is 0 Å². The second-order valence-corrected chi connectivity index (χ2v) is 6.85. The summed E-state index contributed by atoms with van der Waals surface area (Å²) in [4.78, 5) is 11.2. The number of likely N-dealkylation sites (tertiary alicyclic amines) is 1. The lowest BCUT2D eigenvalue weighted by Crippen LogP contribution is -2.34. The Bertz CT molecular complexity index is 713. The molecule has 0 atom stereocenters. The predicted molar refractivity (Wildman–Crippen MR) is 106 cm³/mol. The summed E-state index contributed by atoms with van der Waals surface area (Å²) < 4.78 is 0. The lowest BCUT2D eigenvalue weighted by molar-refractivity contribution is 0.164. The standard InChI is InChI=1S/C20H29N5O/c1-3-21-20-22-14-15(2)19(24-20)23-18-6-4-5-17(13-18)16-7-9-25(10-8-16)11-12-26/h4-6,13-14,16,26H,3,7-12H2,1-2H3,(H2,21,22,23,24). The van der Waals surface area contributed by atoms with Crippen molar-refractivity contribution in [3.63, 3.8) is 0 Å². The van der Waals surface area contributed by atoms with Gasteiger partial charge in [0, 0.05) is 30.5 Å². The molecule has 140 valence electrons. The van der Waals surface area contributed by atoms with Gasteiger partial charge in [-0.05, 0) is 63.4 Å². The van der Waals surface area contributed by atoms with Crippen LogP contribution >= 0.6 is 0 Å². The molecule has 3 rings (SSSR count). The molecule has 6 nitrogen and oxygen atoms in total. The average Bonchev–Trinajstić information content (AvgIpc) is 2.66. The minimum Gasteiger partial charge on any atom is -0.395 e. The van der Waals surface area contributed by atoms with Crippen molar-refractivity contribution in [3.8, 4) is 0 Å². The van der Waals surface area contributed by atoms with Crippen molar-refractivity contribution in [3.05, 3.63) is 41.6 Å². The first-order valence-corrected chi connectivity index (χ1v) is 9.47. The van der Waals surface area contributed by atoms with E-state index in [1.807, 2.05) is 20.0 Å². The van der Waals surface area contributed by atoms with Gasteiger partial charge < -0.3 is 20.6 Å². The van der Waals surface area contributed by atoms with Crippen LogP contribution in [0.15, 0.2) is 30.5 Å². The highest BCUT2D eigenvalue weighted by atomic mass is 16.3. The number of rotatable bonds is 7. The summed E-state index contributed by atoms with van der Waals surface area (Å²) in [5.41, 5.74) is 3.45. The fourth-order valence-electron chi connectivity index (χ4n) is 3.45. The molecular weight excluding hydrogens is 326 g/mol. The Morgan fingerprint density at radius 1 is 1.27 bits per heavy atom. The first-order valence-electron chi connectivity index (χ1n) is 9.47. The van der Waals surface area contributed by atoms with Crippen molar-refractivity contribution in [2.45, 2.75) is 32.6 Å². The van der Waals surface area contributed by atoms with Crippen LogP contribution in [-0.4, -0.2) is 52.8 Å². The van der Waals surface area contributed by atoms with Gasteiger partial charge in [0.25, 0.3) is 0 Å². The van der Waals surface area contributed by atoms with E-state index in [9.17, 15) is 0 Å². The number of aliphatic hydroxyl groups is 1. The molecule has 0 unspecified atom stereocenters. The zero-order valence-electron chi connectivity index (χ0n) is 15.7. The molecule has 1 aromatic carbocycles. The zero-order valence-corrected chi connectivity index (χ0v) is 15.7. The van der Waals surface area contributed by atoms with Crippen molar-refractivity contribution in [2.75, 3.05) is 43.4 Å². The lowest BCUT2D eigenvalue weighted by atomic mass is 9.89. The van der Waals surface area contributed by atoms with Crippen LogP contribution in [0.25, 0.3) is 0 Å². The number of aromatic nitrogens is 2. The van der Waals surface area contributed by atoms with E-state index in [1.165, 1.54) is 5.56 Å². The highest BCUT2D eigenvalue weighted by Crippen LogP contribution is 2.30. The van der Waals surface area contributed by atoms with Gasteiger partial charge in [0.2, 0.25) is 5.95 Å². The number of hydrogen-bond donors (Lipinski definition) is 3. The second-order valence-electron chi connectivity index (χ2n) is 6.85. The summed E-state index contributed by atoms with van der Waals surface area (Å²) >= 11 is 0. The maximum Gasteiger partial charge on any atom is 0.224 e. The van der Waals surface area contributed by atoms with Crippen LogP contribution in [0.1, 0.15) is 36.8 Å². The Hall–Kier alpha value is -2.18. The molecule has 1 aliphatic rings. The summed E-state index contributed by atoms with van der Waals surface area (Å²) in [5, 5.41) is 15.7. The molecule has 6 heteroatoms. The molecule has 0 aliphatic carbocycles. The van der Waals surface area contributed by atoms with Gasteiger partial charge in [0.05, 0.1) is 6.61 Å². The molecule has 1 fully saturated rings. The number of piperidine rings is 1. The number of aliphatic hydroxyl groups excluding tert-OH is 1. The Kier molecular flexibility index (Phi) is 6.41. The summed E-state index contributed by atoms with van der Waals surface area (Å²) in [6.45, 7) is 7.99. The monoisotopic (exact) mass is 355 g/mol. The maximum atomic E-state index is 9.09. The fraction of sp³-hybridized carbons (Fsp3) is 0.500. The van der Waals surface area contributed by atoms with E-state index in [0.29, 0.717) is 11.9 Å². The molecule has 1 aliphatic heterocycles. The Balaban J connectivity index is 1.69. The number of nitrogens with zero attached hydrogens (tertiary/aromatic N) is 3. The lowest BCUT2D eigenvalue weighted by Gasteiger charge is -2.31. The van der Waals surface area contributed by atoms with E-state index < -0.39 is 0 Å². The van der Waals surface area contributed by atoms with Crippen molar-refractivity contribution in [1.82, 2.24) is 14.9 Å². The topological polar surface area (TPSA) is 73.3 Å². The number of β-amino-alcohol motifs (C(OH)–C–C–N with tert-alkyl or cyclic N) is 1. The Labute approximate surface area is 155 Å². The largest absolute Gasteiger partial charge is 0.395 e. The average molecular weight is 355 g/mol. The van der Waals surface area contributed by atoms with E-state index in [1.54, 1.807) is 0 Å². The molecule has 0 spiro atoms. The fourth-order valence-corrected chi connectivity index (χ4v) is 3.45. The molecule has 2 aromatic rings. The highest BCUT2D eigenvalue weighted by Gasteiger charge is 2.20. The van der Waals surface area contributed by atoms with Crippen LogP contribution in [-0.2, 0) is 0 Å². The summed E-state index contributed by atoms with van der Waals surface area (Å²) in [7, 11) is 0. The number of anilines is 3. The van der Waals surface area contributed by atoms with E-state index in [2.05, 4.69) is 49.8 Å². The van der Waals surface area contributed by atoms with Crippen LogP contribution in [0.2, 0.25) is 0 Å². The summed E-state index contributed by atoms with van der Waals surface area (Å²) in [6, 6.07) is 8.65. The normalized spacial score (nSPS) is 15.8. The van der Waals surface area contributed by atoms with Gasteiger partial charge in [-0.2, -0.15) is 4.98 Å². The van der Waals surface area contributed by atoms with Crippen LogP contribution in [0.4, 0.5) is 17.5 Å². The number of nitrogens with one attached hydrogen (secondary N) is 2. The third kappa shape index (κ3) is 4.71. The van der Waals surface area contributed by atoms with E-state index in [4.69, 9.17) is 5.11 Å². The SMILES string of the molecule is CCNc1ncc(C)c(Nc2cccc(C3CCN(CCO)CC3)c2)n1. The molecule has 0 amide bonds. The van der Waals surface area contributed by atoms with Crippen molar-refractivity contribution < 1.29 is 5.11 Å². The first kappa shape index (κ1) is 18.6. The molecule has 3 N–H and O–H groups in total. The molecular formula is C20H29N5O. The molecule has 0 bridgehead atoms.